The molecule has 1 aromatic carbocycles. The standard InChI is InChI=1S/C12H13N3O2.H2O4S/c1-9-7-11(15-17-9)12(16)14-13-8-10-5-3-2-4-6-10;1-5(2,3)4/h2-7,13H,8H2,1H3,(H,14,16);(H2,1,2,3,4). The minimum absolute atomic E-state index is 0.252. The Bertz CT molecular complexity index is 691. The molecular formula is C12H15N3O6S. The molecule has 0 aliphatic carbocycles. The molecule has 1 amide bonds. The lowest BCUT2D eigenvalue weighted by atomic mass is 10.2. The fourth-order valence-corrected chi connectivity index (χ4v) is 1.42. The monoisotopic (exact) mass is 329 g/mol. The number of carbonyl (C=O) groups excluding carboxylic acids is 1. The van der Waals surface area contributed by atoms with Crippen LogP contribution in [0.2, 0.25) is 0 Å². The molecule has 4 N–H and O–H groups in total. The zero-order valence-electron chi connectivity index (χ0n) is 11.6. The van der Waals surface area contributed by atoms with E-state index >= 15 is 0 Å². The van der Waals surface area contributed by atoms with Gasteiger partial charge >= 0.3 is 5.91 Å². The van der Waals surface area contributed by atoms with Crippen molar-refractivity contribution in [3.05, 3.63) is 53.4 Å². The lowest BCUT2D eigenvalue weighted by Gasteiger charge is -2.01. The lowest BCUT2D eigenvalue weighted by molar-refractivity contribution is -0.712. The van der Waals surface area contributed by atoms with Crippen molar-refractivity contribution in [2.24, 2.45) is 0 Å². The number of nitrogens with zero attached hydrogens (tertiary/aromatic N) is 1. The van der Waals surface area contributed by atoms with Crippen LogP contribution in [0.15, 0.2) is 40.9 Å². The van der Waals surface area contributed by atoms with E-state index in [-0.39, 0.29) is 5.91 Å². The summed E-state index contributed by atoms with van der Waals surface area (Å²) in [6.07, 6.45) is 0. The summed E-state index contributed by atoms with van der Waals surface area (Å²) in [4.78, 5) is 11.6. The van der Waals surface area contributed by atoms with Gasteiger partial charge < -0.3 is 9.08 Å². The topological polar surface area (TPSA) is 149 Å². The molecule has 10 heteroatoms. The summed E-state index contributed by atoms with van der Waals surface area (Å²) in [6.45, 7) is 2.43. The molecule has 0 atom stereocenters. The van der Waals surface area contributed by atoms with E-state index in [1.54, 1.807) is 18.4 Å². The van der Waals surface area contributed by atoms with Gasteiger partial charge in [-0.3, -0.25) is 9.35 Å². The third-order valence-electron chi connectivity index (χ3n) is 2.27. The Morgan fingerprint density at radius 1 is 1.41 bits per heavy atom. The summed E-state index contributed by atoms with van der Waals surface area (Å²) in [5, 5.41) is 3.63. The van der Waals surface area contributed by atoms with E-state index in [0.717, 1.165) is 5.56 Å². The molecule has 0 radical (unpaired) electrons. The number of hydrogen-bond acceptors (Lipinski definition) is 6. The number of hydrogen-bond donors (Lipinski definition) is 3. The fraction of sp³-hybridized carbons (Fsp3) is 0.167. The zero-order chi connectivity index (χ0) is 16.6. The molecule has 2 rings (SSSR count). The summed E-state index contributed by atoms with van der Waals surface area (Å²) >= 11 is 0. The number of amides is 1. The van der Waals surface area contributed by atoms with Crippen LogP contribution in [0.1, 0.15) is 21.8 Å². The molecule has 1 aromatic heterocycles. The number of carbonyl (C=O) groups is 1. The van der Waals surface area contributed by atoms with E-state index in [1.165, 1.54) is 0 Å². The molecule has 0 saturated heterocycles. The first kappa shape index (κ1) is 17.8. The van der Waals surface area contributed by atoms with Gasteiger partial charge in [0.15, 0.2) is 5.69 Å². The first-order chi connectivity index (χ1) is 10.3. The van der Waals surface area contributed by atoms with Gasteiger partial charge in [-0.25, -0.2) is 13.8 Å². The smallest absolute Gasteiger partial charge is 0.317 e. The van der Waals surface area contributed by atoms with Gasteiger partial charge in [-0.15, -0.1) is 0 Å². The molecule has 0 spiro atoms. The summed E-state index contributed by atoms with van der Waals surface area (Å²) in [7, 11) is -4.92. The molecule has 0 bridgehead atoms. The van der Waals surface area contributed by atoms with Crippen LogP contribution in [0, 0.1) is 6.92 Å². The highest BCUT2D eigenvalue weighted by Gasteiger charge is 2.11. The third kappa shape index (κ3) is 8.11. The summed E-state index contributed by atoms with van der Waals surface area (Å²) in [5.41, 5.74) is 5.83. The highest BCUT2D eigenvalue weighted by atomic mass is 32.3. The van der Waals surface area contributed by atoms with Gasteiger partial charge in [0.05, 0.1) is 0 Å². The molecule has 0 aliphatic rings. The minimum Gasteiger partial charge on any atom is -0.726 e. The quantitative estimate of drug-likeness (QED) is 0.223. The van der Waals surface area contributed by atoms with Crippen molar-refractivity contribution in [2.45, 2.75) is 13.5 Å². The predicted octanol–water partition coefficient (Wildman–Crippen LogP) is -0.604. The van der Waals surface area contributed by atoms with Crippen LogP contribution in [-0.2, 0) is 16.9 Å². The Balaban J connectivity index is 0.000000422. The third-order valence-corrected chi connectivity index (χ3v) is 2.27. The van der Waals surface area contributed by atoms with Crippen molar-refractivity contribution in [1.29, 1.82) is 0 Å². The number of nitrogens with two attached hydrogens (primary N) is 1. The maximum absolute atomic E-state index is 11.6. The molecule has 0 fully saturated rings. The van der Waals surface area contributed by atoms with Crippen molar-refractivity contribution in [3.63, 3.8) is 0 Å². The maximum atomic E-state index is 11.6. The summed E-state index contributed by atoms with van der Waals surface area (Å²) in [6, 6.07) is 11.5. The molecule has 1 heterocycles. The van der Waals surface area contributed by atoms with E-state index < -0.39 is 10.4 Å². The molecule has 2 aromatic rings. The second-order valence-corrected chi connectivity index (χ2v) is 4.97. The normalized spacial score (nSPS) is 10.5. The summed E-state index contributed by atoms with van der Waals surface area (Å²) < 4.78 is 37.7. The minimum atomic E-state index is -4.92. The number of aromatic nitrogens is 1. The Morgan fingerprint density at radius 2 is 2.00 bits per heavy atom. The van der Waals surface area contributed by atoms with Crippen molar-refractivity contribution < 1.29 is 32.3 Å². The van der Waals surface area contributed by atoms with Gasteiger partial charge in [0, 0.05) is 11.6 Å². The Kier molecular flexibility index (Phi) is 6.66. The number of aryl methyl sites for hydroxylation is 1. The van der Waals surface area contributed by atoms with Crippen molar-refractivity contribution in [2.75, 3.05) is 0 Å². The first-order valence-electron chi connectivity index (χ1n) is 6.04. The molecule has 0 unspecified atom stereocenters. The molecule has 0 saturated carbocycles. The van der Waals surface area contributed by atoms with Gasteiger partial charge in [-0.2, -0.15) is 5.43 Å². The number of nitrogens with one attached hydrogen (secondary N) is 1. The van der Waals surface area contributed by atoms with Crippen LogP contribution in [0.4, 0.5) is 0 Å². The molecule has 9 nitrogen and oxygen atoms in total. The highest BCUT2D eigenvalue weighted by molar-refractivity contribution is 7.79. The van der Waals surface area contributed by atoms with Crippen LogP contribution in [-0.4, -0.2) is 28.6 Å². The van der Waals surface area contributed by atoms with Crippen molar-refractivity contribution in [3.8, 4) is 0 Å². The van der Waals surface area contributed by atoms with E-state index in [0.29, 0.717) is 18.0 Å². The van der Waals surface area contributed by atoms with Gasteiger partial charge in [-0.1, -0.05) is 35.5 Å². The van der Waals surface area contributed by atoms with Gasteiger partial charge in [-0.05, 0) is 6.92 Å². The van der Waals surface area contributed by atoms with E-state index in [9.17, 15) is 4.79 Å². The van der Waals surface area contributed by atoms with E-state index in [1.807, 2.05) is 30.3 Å². The Hall–Kier alpha value is -2.27. The molecule has 22 heavy (non-hydrogen) atoms. The number of quaternary nitrogens is 1. The summed E-state index contributed by atoms with van der Waals surface area (Å²) in [5.74, 6) is 0.371. The zero-order valence-corrected chi connectivity index (χ0v) is 12.4. The Labute approximate surface area is 126 Å². The largest absolute Gasteiger partial charge is 0.726 e. The van der Waals surface area contributed by atoms with Crippen LogP contribution in [0.25, 0.3) is 0 Å². The predicted molar refractivity (Wildman–Crippen MR) is 73.1 cm³/mol. The highest BCUT2D eigenvalue weighted by Crippen LogP contribution is 2.00. The average molecular weight is 329 g/mol. The average Bonchev–Trinajstić information content (AvgIpc) is 2.85. The number of benzene rings is 1. The second kappa shape index (κ2) is 8.24. The van der Waals surface area contributed by atoms with E-state index in [4.69, 9.17) is 22.0 Å². The molecule has 120 valence electrons. The second-order valence-electron chi connectivity index (χ2n) is 4.12. The maximum Gasteiger partial charge on any atom is 0.317 e. The van der Waals surface area contributed by atoms with Gasteiger partial charge in [0.2, 0.25) is 10.4 Å². The van der Waals surface area contributed by atoms with Gasteiger partial charge in [0.25, 0.3) is 0 Å². The van der Waals surface area contributed by atoms with Crippen molar-refractivity contribution >= 4 is 16.3 Å². The Morgan fingerprint density at radius 3 is 2.50 bits per heavy atom. The number of rotatable bonds is 4. The van der Waals surface area contributed by atoms with Crippen LogP contribution >= 0.6 is 0 Å². The SMILES string of the molecule is Cc1cc(C(=O)N[NH2+]Cc2ccccc2)no1.O=S(=O)([O-])O. The van der Waals surface area contributed by atoms with Crippen LogP contribution in [0.3, 0.4) is 0 Å². The number of nitrogen functional groups attached to an aromatic ring is 1. The van der Waals surface area contributed by atoms with Gasteiger partial charge in [0.1, 0.15) is 12.3 Å². The molecule has 0 aliphatic heterocycles. The lowest BCUT2D eigenvalue weighted by Crippen LogP contribution is -2.93. The molecular weight excluding hydrogens is 314 g/mol. The first-order valence-corrected chi connectivity index (χ1v) is 7.40. The fourth-order valence-electron chi connectivity index (χ4n) is 1.42. The van der Waals surface area contributed by atoms with Crippen molar-refractivity contribution in [1.82, 2.24) is 10.6 Å². The van der Waals surface area contributed by atoms with Crippen LogP contribution in [0.5, 0.6) is 0 Å². The van der Waals surface area contributed by atoms with E-state index in [2.05, 4.69) is 10.6 Å². The van der Waals surface area contributed by atoms with Crippen LogP contribution < -0.4 is 10.9 Å².